The van der Waals surface area contributed by atoms with Gasteiger partial charge in [-0.05, 0) is 37.9 Å². The van der Waals surface area contributed by atoms with Gasteiger partial charge in [0.05, 0.1) is 11.3 Å². The van der Waals surface area contributed by atoms with Gasteiger partial charge >= 0.3 is 0 Å². The Morgan fingerprint density at radius 3 is 2.68 bits per heavy atom. The van der Waals surface area contributed by atoms with Crippen LogP contribution in [0.3, 0.4) is 0 Å². The van der Waals surface area contributed by atoms with E-state index in [4.69, 9.17) is 4.98 Å². The molecule has 1 N–H and O–H groups in total. The third kappa shape index (κ3) is 5.00. The summed E-state index contributed by atoms with van der Waals surface area (Å²) in [6, 6.07) is 14.3. The lowest BCUT2D eigenvalue weighted by molar-refractivity contribution is -0.118. The van der Waals surface area contributed by atoms with E-state index in [2.05, 4.69) is 15.5 Å². The molecule has 0 atom stereocenters. The average molecular weight is 439 g/mol. The second kappa shape index (κ2) is 9.40. The number of amides is 1. The topological polar surface area (TPSA) is 75.9 Å². The first kappa shape index (κ1) is 21.2. The Morgan fingerprint density at radius 2 is 1.90 bits per heavy atom. The van der Waals surface area contributed by atoms with Crippen LogP contribution in [-0.2, 0) is 11.3 Å². The molecule has 31 heavy (non-hydrogen) atoms. The standard InChI is InChI=1S/C22H23FN6OS/c1-28(2)12-11-24-19(30)14-31-22-25-21-20(26-27-22)17-5-3-4-6-18(17)29(21)13-15-7-9-16(23)10-8-15/h3-10H,11-14H2,1-2H3,(H,24,30). The van der Waals surface area contributed by atoms with E-state index < -0.39 is 0 Å². The molecule has 0 aliphatic rings. The van der Waals surface area contributed by atoms with Crippen LogP contribution in [0.2, 0.25) is 0 Å². The van der Waals surface area contributed by atoms with Crippen LogP contribution in [-0.4, -0.2) is 63.5 Å². The van der Waals surface area contributed by atoms with Gasteiger partial charge in [-0.3, -0.25) is 4.79 Å². The fourth-order valence-electron chi connectivity index (χ4n) is 3.28. The molecule has 2 aromatic heterocycles. The number of hydrogen-bond donors (Lipinski definition) is 1. The molecular formula is C22H23FN6OS. The van der Waals surface area contributed by atoms with Gasteiger partial charge in [0, 0.05) is 25.0 Å². The number of nitrogens with zero attached hydrogens (tertiary/aromatic N) is 5. The fourth-order valence-corrected chi connectivity index (χ4v) is 3.89. The molecule has 160 valence electrons. The number of likely N-dealkylation sites (N-methyl/N-ethyl adjacent to an activating group) is 1. The first-order chi connectivity index (χ1) is 15.0. The van der Waals surface area contributed by atoms with Crippen LogP contribution in [0.4, 0.5) is 4.39 Å². The number of thioether (sulfide) groups is 1. The molecular weight excluding hydrogens is 415 g/mol. The second-order valence-corrected chi connectivity index (χ2v) is 8.38. The predicted octanol–water partition coefficient (Wildman–Crippen LogP) is 2.94. The molecule has 4 rings (SSSR count). The van der Waals surface area contributed by atoms with E-state index in [1.54, 1.807) is 12.1 Å². The maximum atomic E-state index is 13.3. The van der Waals surface area contributed by atoms with Gasteiger partial charge in [-0.2, -0.15) is 0 Å². The normalized spacial score (nSPS) is 11.5. The largest absolute Gasteiger partial charge is 0.354 e. The van der Waals surface area contributed by atoms with Crippen molar-refractivity contribution in [1.82, 2.24) is 30.0 Å². The van der Waals surface area contributed by atoms with Crippen LogP contribution in [0.5, 0.6) is 0 Å². The molecule has 0 fully saturated rings. The molecule has 2 heterocycles. The van der Waals surface area contributed by atoms with Crippen LogP contribution in [0.1, 0.15) is 5.56 Å². The third-order valence-electron chi connectivity index (χ3n) is 4.82. The molecule has 0 saturated heterocycles. The zero-order valence-corrected chi connectivity index (χ0v) is 18.2. The first-order valence-corrected chi connectivity index (χ1v) is 10.9. The molecule has 1 amide bonds. The lowest BCUT2D eigenvalue weighted by Gasteiger charge is -2.10. The summed E-state index contributed by atoms with van der Waals surface area (Å²) < 4.78 is 15.4. The molecule has 4 aromatic rings. The Bertz CT molecular complexity index is 1210. The van der Waals surface area contributed by atoms with E-state index in [0.717, 1.165) is 23.0 Å². The Morgan fingerprint density at radius 1 is 1.13 bits per heavy atom. The molecule has 0 bridgehead atoms. The molecule has 7 nitrogen and oxygen atoms in total. The smallest absolute Gasteiger partial charge is 0.230 e. The summed E-state index contributed by atoms with van der Waals surface area (Å²) in [6.45, 7) is 1.90. The Labute approximate surface area is 183 Å². The fraction of sp³-hybridized carbons (Fsp3) is 0.273. The molecule has 0 aliphatic carbocycles. The Balaban J connectivity index is 1.59. The number of fused-ring (bicyclic) bond motifs is 3. The summed E-state index contributed by atoms with van der Waals surface area (Å²) in [6.07, 6.45) is 0. The molecule has 0 spiro atoms. The van der Waals surface area contributed by atoms with Crippen molar-refractivity contribution in [2.24, 2.45) is 0 Å². The van der Waals surface area contributed by atoms with Crippen LogP contribution in [0.15, 0.2) is 53.7 Å². The number of para-hydroxylation sites is 1. The lowest BCUT2D eigenvalue weighted by atomic mass is 10.2. The number of nitrogens with one attached hydrogen (secondary N) is 1. The van der Waals surface area contributed by atoms with Crippen molar-refractivity contribution in [3.05, 3.63) is 59.9 Å². The minimum absolute atomic E-state index is 0.0672. The van der Waals surface area contributed by atoms with Gasteiger partial charge < -0.3 is 14.8 Å². The first-order valence-electron chi connectivity index (χ1n) is 9.91. The molecule has 2 aromatic carbocycles. The van der Waals surface area contributed by atoms with E-state index in [1.165, 1.54) is 23.9 Å². The molecule has 0 saturated carbocycles. The van der Waals surface area contributed by atoms with E-state index in [9.17, 15) is 9.18 Å². The monoisotopic (exact) mass is 438 g/mol. The number of benzene rings is 2. The number of carbonyl (C=O) groups is 1. The maximum absolute atomic E-state index is 13.3. The molecule has 9 heteroatoms. The quantitative estimate of drug-likeness (QED) is 0.427. The van der Waals surface area contributed by atoms with Gasteiger partial charge in [-0.25, -0.2) is 9.37 Å². The van der Waals surface area contributed by atoms with Crippen molar-refractivity contribution in [3.63, 3.8) is 0 Å². The van der Waals surface area contributed by atoms with Crippen LogP contribution in [0, 0.1) is 5.82 Å². The van der Waals surface area contributed by atoms with E-state index >= 15 is 0 Å². The summed E-state index contributed by atoms with van der Waals surface area (Å²) in [5.74, 6) is -0.112. The Kier molecular flexibility index (Phi) is 6.43. The van der Waals surface area contributed by atoms with Crippen molar-refractivity contribution in [2.45, 2.75) is 11.7 Å². The Hall–Kier alpha value is -3.04. The maximum Gasteiger partial charge on any atom is 0.230 e. The zero-order chi connectivity index (χ0) is 21.8. The number of hydrogen-bond acceptors (Lipinski definition) is 6. The number of halogens is 1. The van der Waals surface area contributed by atoms with Crippen molar-refractivity contribution in [2.75, 3.05) is 32.9 Å². The van der Waals surface area contributed by atoms with Gasteiger partial charge in [0.15, 0.2) is 5.65 Å². The summed E-state index contributed by atoms with van der Waals surface area (Å²) in [4.78, 5) is 18.8. The van der Waals surface area contributed by atoms with E-state index in [1.807, 2.05) is 47.8 Å². The lowest BCUT2D eigenvalue weighted by Crippen LogP contribution is -2.32. The van der Waals surface area contributed by atoms with Crippen molar-refractivity contribution >= 4 is 39.7 Å². The third-order valence-corrected chi connectivity index (χ3v) is 5.66. The summed E-state index contributed by atoms with van der Waals surface area (Å²) in [5.41, 5.74) is 3.33. The highest BCUT2D eigenvalue weighted by Gasteiger charge is 2.16. The van der Waals surface area contributed by atoms with E-state index in [-0.39, 0.29) is 17.5 Å². The van der Waals surface area contributed by atoms with E-state index in [0.29, 0.717) is 29.4 Å². The van der Waals surface area contributed by atoms with Crippen LogP contribution < -0.4 is 5.32 Å². The SMILES string of the molecule is CN(C)CCNC(=O)CSc1nnc2c3ccccc3n(Cc3ccc(F)cc3)c2n1. The molecule has 0 radical (unpaired) electrons. The van der Waals surface area contributed by atoms with Crippen LogP contribution >= 0.6 is 11.8 Å². The van der Waals surface area contributed by atoms with Gasteiger partial charge in [0.25, 0.3) is 0 Å². The zero-order valence-electron chi connectivity index (χ0n) is 17.4. The minimum Gasteiger partial charge on any atom is -0.354 e. The van der Waals surface area contributed by atoms with Gasteiger partial charge in [-0.15, -0.1) is 10.2 Å². The molecule has 0 aliphatic heterocycles. The summed E-state index contributed by atoms with van der Waals surface area (Å²) in [5, 5.41) is 12.9. The number of carbonyl (C=O) groups excluding carboxylic acids is 1. The van der Waals surface area contributed by atoms with Gasteiger partial charge in [0.2, 0.25) is 11.1 Å². The summed E-state index contributed by atoms with van der Waals surface area (Å²) in [7, 11) is 3.92. The second-order valence-electron chi connectivity index (χ2n) is 7.44. The van der Waals surface area contributed by atoms with Gasteiger partial charge in [0.1, 0.15) is 11.3 Å². The number of aromatic nitrogens is 4. The van der Waals surface area contributed by atoms with Crippen molar-refractivity contribution in [1.29, 1.82) is 0 Å². The number of rotatable bonds is 8. The minimum atomic E-state index is -0.266. The average Bonchev–Trinajstić information content (AvgIpc) is 3.07. The highest BCUT2D eigenvalue weighted by atomic mass is 32.2. The highest BCUT2D eigenvalue weighted by molar-refractivity contribution is 7.99. The van der Waals surface area contributed by atoms with Crippen LogP contribution in [0.25, 0.3) is 22.1 Å². The predicted molar refractivity (Wildman–Crippen MR) is 121 cm³/mol. The van der Waals surface area contributed by atoms with Crippen molar-refractivity contribution in [3.8, 4) is 0 Å². The highest BCUT2D eigenvalue weighted by Crippen LogP contribution is 2.28. The van der Waals surface area contributed by atoms with Crippen molar-refractivity contribution < 1.29 is 9.18 Å². The van der Waals surface area contributed by atoms with Gasteiger partial charge in [-0.1, -0.05) is 42.1 Å². The summed E-state index contributed by atoms with van der Waals surface area (Å²) >= 11 is 1.26. The molecule has 0 unspecified atom stereocenters.